The van der Waals surface area contributed by atoms with Crippen LogP contribution in [0, 0.1) is 24.7 Å². The average molecular weight is 242 g/mol. The van der Waals surface area contributed by atoms with Gasteiger partial charge in [-0.3, -0.25) is 4.79 Å². The lowest BCUT2D eigenvalue weighted by Crippen LogP contribution is -2.16. The molecule has 2 aliphatic rings. The number of carbonyl (C=O) groups is 1. The molecule has 1 nitrogen and oxygen atoms in total. The monoisotopic (exact) mass is 242 g/mol. The third kappa shape index (κ3) is 1.49. The standard InChI is InChI=1S/C17H22O/c1-4-11-9-12(5-2)16-15(11)14-8-10(3)6-7-13(14)17(16)18/h6-8,11-12,15-16H,4-5,9H2,1-3H3. The molecule has 1 aromatic carbocycles. The molecule has 96 valence electrons. The van der Waals surface area contributed by atoms with Crippen LogP contribution in [0.5, 0.6) is 0 Å². The van der Waals surface area contributed by atoms with Gasteiger partial charge in [0.2, 0.25) is 0 Å². The van der Waals surface area contributed by atoms with E-state index in [-0.39, 0.29) is 5.92 Å². The van der Waals surface area contributed by atoms with Crippen molar-refractivity contribution in [2.24, 2.45) is 17.8 Å². The molecule has 1 saturated carbocycles. The molecule has 4 unspecified atom stereocenters. The van der Waals surface area contributed by atoms with Crippen molar-refractivity contribution in [2.75, 3.05) is 0 Å². The first-order chi connectivity index (χ1) is 8.67. The van der Waals surface area contributed by atoms with Crippen molar-refractivity contribution in [3.8, 4) is 0 Å². The summed E-state index contributed by atoms with van der Waals surface area (Å²) in [5.41, 5.74) is 3.66. The maximum Gasteiger partial charge on any atom is 0.167 e. The summed E-state index contributed by atoms with van der Waals surface area (Å²) in [6.07, 6.45) is 3.61. The molecule has 0 bridgehead atoms. The fraction of sp³-hybridized carbons (Fsp3) is 0.588. The van der Waals surface area contributed by atoms with Crippen molar-refractivity contribution in [2.45, 2.75) is 46.0 Å². The highest BCUT2D eigenvalue weighted by molar-refractivity contribution is 6.03. The first-order valence-electron chi connectivity index (χ1n) is 7.32. The molecule has 0 amide bonds. The van der Waals surface area contributed by atoms with Crippen molar-refractivity contribution in [1.82, 2.24) is 0 Å². The van der Waals surface area contributed by atoms with Crippen LogP contribution < -0.4 is 0 Å². The van der Waals surface area contributed by atoms with Crippen LogP contribution >= 0.6 is 0 Å². The van der Waals surface area contributed by atoms with Gasteiger partial charge in [-0.15, -0.1) is 0 Å². The van der Waals surface area contributed by atoms with Gasteiger partial charge < -0.3 is 0 Å². The van der Waals surface area contributed by atoms with Crippen LogP contribution in [0.2, 0.25) is 0 Å². The largest absolute Gasteiger partial charge is 0.294 e. The summed E-state index contributed by atoms with van der Waals surface area (Å²) in [5, 5.41) is 0. The molecule has 1 fully saturated rings. The minimum absolute atomic E-state index is 0.289. The predicted molar refractivity (Wildman–Crippen MR) is 73.9 cm³/mol. The fourth-order valence-electron chi connectivity index (χ4n) is 4.30. The number of aryl methyl sites for hydroxylation is 1. The number of hydrogen-bond acceptors (Lipinski definition) is 1. The minimum Gasteiger partial charge on any atom is -0.294 e. The zero-order valence-corrected chi connectivity index (χ0v) is 11.6. The molecule has 1 heteroatoms. The molecule has 3 rings (SSSR count). The molecule has 2 aliphatic carbocycles. The molecule has 1 aromatic rings. The number of carbonyl (C=O) groups excluding carboxylic acids is 1. The summed E-state index contributed by atoms with van der Waals surface area (Å²) in [4.78, 5) is 12.6. The molecule has 0 aliphatic heterocycles. The first-order valence-corrected chi connectivity index (χ1v) is 7.32. The van der Waals surface area contributed by atoms with Crippen LogP contribution in [0.3, 0.4) is 0 Å². The lowest BCUT2D eigenvalue weighted by Gasteiger charge is -2.18. The van der Waals surface area contributed by atoms with Gasteiger partial charge in [0.05, 0.1) is 0 Å². The maximum absolute atomic E-state index is 12.6. The second-order valence-electron chi connectivity index (χ2n) is 6.08. The third-order valence-corrected chi connectivity index (χ3v) is 5.19. The number of Topliss-reactive ketones (excluding diaryl/α,β-unsaturated/α-hetero) is 1. The van der Waals surface area contributed by atoms with Crippen LogP contribution in [0.1, 0.15) is 60.5 Å². The Balaban J connectivity index is 2.10. The molecular formula is C17H22O. The highest BCUT2D eigenvalue weighted by Gasteiger charge is 2.51. The van der Waals surface area contributed by atoms with E-state index in [1.807, 2.05) is 0 Å². The van der Waals surface area contributed by atoms with E-state index in [4.69, 9.17) is 0 Å². The summed E-state index contributed by atoms with van der Waals surface area (Å²) >= 11 is 0. The van der Waals surface area contributed by atoms with E-state index < -0.39 is 0 Å². The third-order valence-electron chi connectivity index (χ3n) is 5.19. The SMILES string of the molecule is CCC1CC(CC)C2c3cc(C)ccc3C(=O)C12. The Bertz CT molecular complexity index is 488. The van der Waals surface area contributed by atoms with Crippen LogP contribution in [0.25, 0.3) is 0 Å². The summed E-state index contributed by atoms with van der Waals surface area (Å²) in [6.45, 7) is 6.64. The topological polar surface area (TPSA) is 17.1 Å². The lowest BCUT2D eigenvalue weighted by atomic mass is 9.85. The van der Waals surface area contributed by atoms with Crippen LogP contribution in [0.15, 0.2) is 18.2 Å². The molecule has 0 spiro atoms. The van der Waals surface area contributed by atoms with Crippen molar-refractivity contribution in [3.05, 3.63) is 34.9 Å². The van der Waals surface area contributed by atoms with E-state index in [0.717, 1.165) is 12.0 Å². The molecule has 0 radical (unpaired) electrons. The Kier molecular flexibility index (Phi) is 2.80. The van der Waals surface area contributed by atoms with Crippen molar-refractivity contribution in [1.29, 1.82) is 0 Å². The van der Waals surface area contributed by atoms with Gasteiger partial charge in [-0.1, -0.05) is 50.5 Å². The van der Waals surface area contributed by atoms with Gasteiger partial charge >= 0.3 is 0 Å². The van der Waals surface area contributed by atoms with Crippen LogP contribution in [0.4, 0.5) is 0 Å². The average Bonchev–Trinajstić information content (AvgIpc) is 2.87. The van der Waals surface area contributed by atoms with E-state index in [1.54, 1.807) is 0 Å². The Hall–Kier alpha value is -1.11. The van der Waals surface area contributed by atoms with E-state index >= 15 is 0 Å². The van der Waals surface area contributed by atoms with Gasteiger partial charge in [0.25, 0.3) is 0 Å². The fourth-order valence-corrected chi connectivity index (χ4v) is 4.30. The van der Waals surface area contributed by atoms with Crippen molar-refractivity contribution < 1.29 is 4.79 Å². The Labute approximate surface area is 110 Å². The summed E-state index contributed by atoms with van der Waals surface area (Å²) in [7, 11) is 0. The minimum atomic E-state index is 0.289. The number of benzene rings is 1. The van der Waals surface area contributed by atoms with E-state index in [1.165, 1.54) is 24.0 Å². The van der Waals surface area contributed by atoms with Gasteiger partial charge in [0, 0.05) is 11.5 Å². The number of fused-ring (bicyclic) bond motifs is 3. The van der Waals surface area contributed by atoms with Gasteiger partial charge in [0.15, 0.2) is 5.78 Å². The van der Waals surface area contributed by atoms with Crippen molar-refractivity contribution in [3.63, 3.8) is 0 Å². The molecule has 0 saturated heterocycles. The quantitative estimate of drug-likeness (QED) is 0.753. The molecule has 18 heavy (non-hydrogen) atoms. The Morgan fingerprint density at radius 2 is 1.78 bits per heavy atom. The highest BCUT2D eigenvalue weighted by Crippen LogP contribution is 2.56. The van der Waals surface area contributed by atoms with E-state index in [0.29, 0.717) is 23.5 Å². The molecule has 0 heterocycles. The number of hydrogen-bond donors (Lipinski definition) is 0. The van der Waals surface area contributed by atoms with E-state index in [2.05, 4.69) is 39.0 Å². The summed E-state index contributed by atoms with van der Waals surface area (Å²) in [5.74, 6) is 2.56. The molecule has 4 atom stereocenters. The van der Waals surface area contributed by atoms with Crippen LogP contribution in [-0.4, -0.2) is 5.78 Å². The van der Waals surface area contributed by atoms with Crippen LogP contribution in [-0.2, 0) is 0 Å². The first kappa shape index (κ1) is 12.0. The van der Waals surface area contributed by atoms with Gasteiger partial charge in [-0.25, -0.2) is 0 Å². The lowest BCUT2D eigenvalue weighted by molar-refractivity contribution is 0.0897. The Morgan fingerprint density at radius 3 is 2.44 bits per heavy atom. The zero-order chi connectivity index (χ0) is 12.9. The van der Waals surface area contributed by atoms with E-state index in [9.17, 15) is 4.79 Å². The van der Waals surface area contributed by atoms with Gasteiger partial charge in [-0.05, 0) is 36.7 Å². The molecule has 0 N–H and O–H groups in total. The number of ketones is 1. The smallest absolute Gasteiger partial charge is 0.167 e. The summed E-state index contributed by atoms with van der Waals surface area (Å²) in [6, 6.07) is 6.41. The van der Waals surface area contributed by atoms with Gasteiger partial charge in [-0.2, -0.15) is 0 Å². The summed E-state index contributed by atoms with van der Waals surface area (Å²) < 4.78 is 0. The number of rotatable bonds is 2. The maximum atomic E-state index is 12.6. The second kappa shape index (κ2) is 4.22. The normalized spacial score (nSPS) is 33.6. The predicted octanol–water partition coefficient (Wildman–Crippen LogP) is 4.35. The second-order valence-corrected chi connectivity index (χ2v) is 6.08. The highest BCUT2D eigenvalue weighted by atomic mass is 16.1. The Morgan fingerprint density at radius 1 is 1.11 bits per heavy atom. The molecule has 0 aromatic heterocycles. The molecular weight excluding hydrogens is 220 g/mol. The zero-order valence-electron chi connectivity index (χ0n) is 11.6. The van der Waals surface area contributed by atoms with Crippen molar-refractivity contribution >= 4 is 5.78 Å². The van der Waals surface area contributed by atoms with Gasteiger partial charge in [0.1, 0.15) is 0 Å².